The molecule has 5 aromatic rings. The Kier molecular flexibility index (Phi) is 3.80. The molecule has 0 spiro atoms. The summed E-state index contributed by atoms with van der Waals surface area (Å²) in [6.45, 7) is 1.97. The summed E-state index contributed by atoms with van der Waals surface area (Å²) in [6, 6.07) is 11.5. The molecule has 0 aliphatic heterocycles. The molecule has 0 amide bonds. The number of fused-ring (bicyclic) bond motifs is 2. The lowest BCUT2D eigenvalue weighted by Gasteiger charge is -2.21. The monoisotopic (exact) mass is 386 g/mol. The molecule has 29 heavy (non-hydrogen) atoms. The lowest BCUT2D eigenvalue weighted by Crippen LogP contribution is -2.14. The van der Waals surface area contributed by atoms with Crippen LogP contribution in [0.2, 0.25) is 0 Å². The van der Waals surface area contributed by atoms with Crippen LogP contribution in [0.25, 0.3) is 21.9 Å². The highest BCUT2D eigenvalue weighted by atomic mass is 16.1. The number of rotatable bonds is 4. The molecule has 0 bridgehead atoms. The molecule has 0 saturated carbocycles. The third-order valence-corrected chi connectivity index (χ3v) is 4.86. The Morgan fingerprint density at radius 1 is 1.03 bits per heavy atom. The highest BCUT2D eigenvalue weighted by Gasteiger charge is 2.14. The van der Waals surface area contributed by atoms with Crippen molar-refractivity contribution in [3.63, 3.8) is 0 Å². The van der Waals surface area contributed by atoms with E-state index in [-0.39, 0.29) is 5.69 Å². The second-order valence-electron chi connectivity index (χ2n) is 6.83. The predicted octanol–water partition coefficient (Wildman–Crippen LogP) is 3.34. The zero-order valence-corrected chi connectivity index (χ0v) is 15.8. The van der Waals surface area contributed by atoms with Gasteiger partial charge in [-0.1, -0.05) is 6.07 Å². The van der Waals surface area contributed by atoms with E-state index in [2.05, 4.69) is 30.5 Å². The van der Waals surface area contributed by atoms with Crippen LogP contribution >= 0.6 is 0 Å². The van der Waals surface area contributed by atoms with Crippen molar-refractivity contribution >= 4 is 45.1 Å². The minimum absolute atomic E-state index is 0.235. The Balaban J connectivity index is 1.50. The average Bonchev–Trinajstić information content (AvgIpc) is 3.33. The second kappa shape index (κ2) is 6.48. The SMILES string of the molecule is Cc1cnc(Nc2ccc3[nH]c(=O)[nH]c3c2)nc1N(C)c1cccc2[nH]ncc12. The number of hydrogen-bond donors (Lipinski definition) is 4. The number of aromatic nitrogens is 6. The summed E-state index contributed by atoms with van der Waals surface area (Å²) in [7, 11) is 1.97. The van der Waals surface area contributed by atoms with Crippen molar-refractivity contribution in [3.05, 3.63) is 64.8 Å². The van der Waals surface area contributed by atoms with Crippen LogP contribution in [0.1, 0.15) is 5.56 Å². The summed E-state index contributed by atoms with van der Waals surface area (Å²) in [5, 5.41) is 11.4. The maximum atomic E-state index is 11.5. The van der Waals surface area contributed by atoms with Gasteiger partial charge >= 0.3 is 5.69 Å². The Morgan fingerprint density at radius 2 is 1.90 bits per heavy atom. The Bertz CT molecular complexity index is 1400. The highest BCUT2D eigenvalue weighted by molar-refractivity contribution is 5.93. The summed E-state index contributed by atoms with van der Waals surface area (Å²) in [6.07, 6.45) is 3.59. The third kappa shape index (κ3) is 2.98. The predicted molar refractivity (Wildman–Crippen MR) is 113 cm³/mol. The molecule has 0 aliphatic rings. The standard InChI is InChI=1S/C20H18N8O/c1-11-9-21-19(23-12-6-7-15-16(8-12)25-20(29)24-15)26-18(11)28(2)17-5-3-4-14-13(17)10-22-27-14/h3-10H,1-2H3,(H,22,27)(H,21,23,26)(H2,24,25,29). The molecule has 2 aromatic carbocycles. The van der Waals surface area contributed by atoms with E-state index in [9.17, 15) is 4.79 Å². The van der Waals surface area contributed by atoms with E-state index >= 15 is 0 Å². The molecule has 9 nitrogen and oxygen atoms in total. The quantitative estimate of drug-likeness (QED) is 0.376. The molecular formula is C20H18N8O. The third-order valence-electron chi connectivity index (χ3n) is 4.86. The number of hydrogen-bond acceptors (Lipinski definition) is 6. The summed E-state index contributed by atoms with van der Waals surface area (Å²) in [5.74, 6) is 1.25. The van der Waals surface area contributed by atoms with Crippen LogP contribution in [0.3, 0.4) is 0 Å². The van der Waals surface area contributed by atoms with Crippen molar-refractivity contribution in [2.45, 2.75) is 6.92 Å². The van der Waals surface area contributed by atoms with Gasteiger partial charge < -0.3 is 20.2 Å². The molecule has 0 fully saturated rings. The van der Waals surface area contributed by atoms with Crippen LogP contribution < -0.4 is 15.9 Å². The number of benzene rings is 2. The first-order chi connectivity index (χ1) is 14.1. The van der Waals surface area contributed by atoms with E-state index in [1.807, 2.05) is 61.5 Å². The molecule has 0 aliphatic carbocycles. The molecule has 4 N–H and O–H groups in total. The summed E-state index contributed by atoms with van der Waals surface area (Å²) in [4.78, 5) is 28.1. The smallest absolute Gasteiger partial charge is 0.323 e. The van der Waals surface area contributed by atoms with Gasteiger partial charge in [-0.25, -0.2) is 9.78 Å². The van der Waals surface area contributed by atoms with Crippen molar-refractivity contribution in [3.8, 4) is 0 Å². The van der Waals surface area contributed by atoms with Crippen LogP contribution in [-0.2, 0) is 0 Å². The maximum absolute atomic E-state index is 11.5. The highest BCUT2D eigenvalue weighted by Crippen LogP contribution is 2.31. The molecule has 0 unspecified atom stereocenters. The first-order valence-electron chi connectivity index (χ1n) is 9.07. The largest absolute Gasteiger partial charge is 0.328 e. The molecule has 9 heteroatoms. The normalized spacial score (nSPS) is 11.2. The van der Waals surface area contributed by atoms with Crippen molar-refractivity contribution < 1.29 is 0 Å². The molecule has 144 valence electrons. The molecule has 0 atom stereocenters. The maximum Gasteiger partial charge on any atom is 0.323 e. The zero-order valence-electron chi connectivity index (χ0n) is 15.8. The van der Waals surface area contributed by atoms with Gasteiger partial charge in [0.2, 0.25) is 5.95 Å². The van der Waals surface area contributed by atoms with Crippen molar-refractivity contribution in [1.29, 1.82) is 0 Å². The second-order valence-corrected chi connectivity index (χ2v) is 6.83. The summed E-state index contributed by atoms with van der Waals surface area (Å²) in [5.41, 5.74) is 4.92. The van der Waals surface area contributed by atoms with Gasteiger partial charge in [-0.15, -0.1) is 0 Å². The van der Waals surface area contributed by atoms with Crippen LogP contribution in [0, 0.1) is 6.92 Å². The van der Waals surface area contributed by atoms with Crippen LogP contribution in [0.4, 0.5) is 23.1 Å². The lowest BCUT2D eigenvalue weighted by molar-refractivity contribution is 1.06. The van der Waals surface area contributed by atoms with E-state index in [4.69, 9.17) is 4.98 Å². The van der Waals surface area contributed by atoms with Gasteiger partial charge in [0.15, 0.2) is 0 Å². The van der Waals surface area contributed by atoms with Gasteiger partial charge in [-0.05, 0) is 37.3 Å². The number of aryl methyl sites for hydroxylation is 1. The number of imidazole rings is 1. The topological polar surface area (TPSA) is 118 Å². The van der Waals surface area contributed by atoms with Gasteiger partial charge in [-0.2, -0.15) is 10.1 Å². The summed E-state index contributed by atoms with van der Waals surface area (Å²) >= 11 is 0. The number of aromatic amines is 3. The van der Waals surface area contributed by atoms with E-state index < -0.39 is 0 Å². The molecule has 3 aromatic heterocycles. The van der Waals surface area contributed by atoms with Crippen molar-refractivity contribution in [1.82, 2.24) is 30.1 Å². The van der Waals surface area contributed by atoms with E-state index in [1.54, 1.807) is 6.20 Å². The zero-order chi connectivity index (χ0) is 20.0. The first-order valence-corrected chi connectivity index (χ1v) is 9.07. The Hall–Kier alpha value is -4.14. The molecule has 0 saturated heterocycles. The molecule has 3 heterocycles. The fourth-order valence-electron chi connectivity index (χ4n) is 3.43. The average molecular weight is 386 g/mol. The first kappa shape index (κ1) is 17.0. The minimum atomic E-state index is -0.235. The van der Waals surface area contributed by atoms with Gasteiger partial charge in [0.1, 0.15) is 5.82 Å². The fraction of sp³-hybridized carbons (Fsp3) is 0.100. The van der Waals surface area contributed by atoms with E-state index in [0.717, 1.165) is 44.7 Å². The summed E-state index contributed by atoms with van der Waals surface area (Å²) < 4.78 is 0. The van der Waals surface area contributed by atoms with Gasteiger partial charge in [0.05, 0.1) is 28.4 Å². The van der Waals surface area contributed by atoms with Crippen LogP contribution in [-0.4, -0.2) is 37.2 Å². The number of H-pyrrole nitrogens is 3. The number of anilines is 4. The lowest BCUT2D eigenvalue weighted by atomic mass is 10.2. The van der Waals surface area contributed by atoms with Crippen LogP contribution in [0.5, 0.6) is 0 Å². The van der Waals surface area contributed by atoms with Crippen molar-refractivity contribution in [2.75, 3.05) is 17.3 Å². The molecule has 0 radical (unpaired) electrons. The Labute approximate surface area is 164 Å². The molecular weight excluding hydrogens is 368 g/mol. The van der Waals surface area contributed by atoms with Crippen LogP contribution in [0.15, 0.2) is 53.6 Å². The van der Waals surface area contributed by atoms with Gasteiger partial charge in [0, 0.05) is 29.9 Å². The number of nitrogens with zero attached hydrogens (tertiary/aromatic N) is 4. The van der Waals surface area contributed by atoms with Crippen molar-refractivity contribution in [2.24, 2.45) is 0 Å². The Morgan fingerprint density at radius 3 is 2.79 bits per heavy atom. The fourth-order valence-corrected chi connectivity index (χ4v) is 3.43. The van der Waals surface area contributed by atoms with E-state index in [0.29, 0.717) is 5.95 Å². The van der Waals surface area contributed by atoms with Gasteiger partial charge in [-0.3, -0.25) is 5.10 Å². The van der Waals surface area contributed by atoms with E-state index in [1.165, 1.54) is 0 Å². The minimum Gasteiger partial charge on any atom is -0.328 e. The number of nitrogens with one attached hydrogen (secondary N) is 4. The molecule has 5 rings (SSSR count). The van der Waals surface area contributed by atoms with Gasteiger partial charge in [0.25, 0.3) is 0 Å².